The van der Waals surface area contributed by atoms with Crippen molar-refractivity contribution >= 4 is 12.2 Å². The lowest BCUT2D eigenvalue weighted by atomic mass is 10.1. The number of nitrogens with zero attached hydrogens (tertiary/aromatic N) is 1. The summed E-state index contributed by atoms with van der Waals surface area (Å²) in [5.74, 6) is 1.49. The maximum Gasteiger partial charge on any atom is 0.139 e. The molecule has 0 radical (unpaired) electrons. The summed E-state index contributed by atoms with van der Waals surface area (Å²) in [6.07, 6.45) is 2.51. The Morgan fingerprint density at radius 3 is 2.81 bits per heavy atom. The van der Waals surface area contributed by atoms with Crippen molar-refractivity contribution < 1.29 is 4.74 Å². The number of hydrogen-bond acceptors (Lipinski definition) is 3. The van der Waals surface area contributed by atoms with E-state index in [1.54, 1.807) is 0 Å². The third-order valence-corrected chi connectivity index (χ3v) is 3.07. The van der Waals surface area contributed by atoms with E-state index in [1.807, 2.05) is 26.8 Å². The predicted molar refractivity (Wildman–Crippen MR) is 66.0 cm³/mol. The van der Waals surface area contributed by atoms with Gasteiger partial charge in [0.1, 0.15) is 16.1 Å². The van der Waals surface area contributed by atoms with Gasteiger partial charge in [0, 0.05) is 12.3 Å². The normalized spacial score (nSPS) is 16.4. The van der Waals surface area contributed by atoms with Crippen LogP contribution in [0.5, 0.6) is 0 Å². The molecule has 0 aliphatic heterocycles. The molecule has 1 fully saturated rings. The van der Waals surface area contributed by atoms with Gasteiger partial charge >= 0.3 is 0 Å². The van der Waals surface area contributed by atoms with Gasteiger partial charge in [0.25, 0.3) is 0 Å². The van der Waals surface area contributed by atoms with Crippen LogP contribution in [0.25, 0.3) is 0 Å². The first-order valence-electron chi connectivity index (χ1n) is 5.78. The highest BCUT2D eigenvalue weighted by Gasteiger charge is 2.28. The molecule has 0 unspecified atom stereocenters. The second-order valence-electron chi connectivity index (χ2n) is 4.74. The smallest absolute Gasteiger partial charge is 0.139 e. The summed E-state index contributed by atoms with van der Waals surface area (Å²) < 4.78 is 6.34. The number of aromatic amines is 1. The molecular formula is C12H18N2OS. The SMILES string of the molecule is CCOC(C)(C)c1nc(=S)cc(C2CC2)[nH]1. The molecule has 2 rings (SSSR count). The molecular weight excluding hydrogens is 220 g/mol. The van der Waals surface area contributed by atoms with Crippen molar-refractivity contribution in [3.63, 3.8) is 0 Å². The molecule has 4 heteroatoms. The molecule has 0 spiro atoms. The van der Waals surface area contributed by atoms with Crippen LogP contribution in [0, 0.1) is 4.64 Å². The number of aromatic nitrogens is 2. The Balaban J connectivity index is 2.36. The lowest BCUT2D eigenvalue weighted by Gasteiger charge is -2.24. The minimum atomic E-state index is -0.396. The Morgan fingerprint density at radius 1 is 1.56 bits per heavy atom. The van der Waals surface area contributed by atoms with E-state index in [1.165, 1.54) is 18.5 Å². The molecule has 1 aromatic rings. The zero-order valence-corrected chi connectivity index (χ0v) is 10.9. The van der Waals surface area contributed by atoms with Crippen molar-refractivity contribution in [2.75, 3.05) is 6.61 Å². The molecule has 1 aliphatic carbocycles. The van der Waals surface area contributed by atoms with Gasteiger partial charge in [-0.1, -0.05) is 12.2 Å². The van der Waals surface area contributed by atoms with E-state index in [2.05, 4.69) is 9.97 Å². The molecule has 1 aromatic heterocycles. The second-order valence-corrected chi connectivity index (χ2v) is 5.16. The van der Waals surface area contributed by atoms with E-state index in [4.69, 9.17) is 17.0 Å². The minimum absolute atomic E-state index is 0.396. The van der Waals surface area contributed by atoms with Gasteiger partial charge < -0.3 is 9.72 Å². The van der Waals surface area contributed by atoms with Gasteiger partial charge in [0.2, 0.25) is 0 Å². The van der Waals surface area contributed by atoms with Gasteiger partial charge in [-0.25, -0.2) is 4.98 Å². The van der Waals surface area contributed by atoms with Crippen molar-refractivity contribution in [3.05, 3.63) is 22.2 Å². The van der Waals surface area contributed by atoms with Crippen LogP contribution in [0.1, 0.15) is 51.0 Å². The Kier molecular flexibility index (Phi) is 3.13. The molecule has 1 N–H and O–H groups in total. The number of H-pyrrole nitrogens is 1. The quantitative estimate of drug-likeness (QED) is 0.818. The first kappa shape index (κ1) is 11.7. The van der Waals surface area contributed by atoms with Gasteiger partial charge in [0.15, 0.2) is 0 Å². The van der Waals surface area contributed by atoms with Crippen molar-refractivity contribution in [2.24, 2.45) is 0 Å². The van der Waals surface area contributed by atoms with Crippen LogP contribution in [0.15, 0.2) is 6.07 Å². The highest BCUT2D eigenvalue weighted by Crippen LogP contribution is 2.39. The topological polar surface area (TPSA) is 37.9 Å². The van der Waals surface area contributed by atoms with Gasteiger partial charge in [-0.15, -0.1) is 0 Å². The van der Waals surface area contributed by atoms with Crippen LogP contribution in [0.4, 0.5) is 0 Å². The van der Waals surface area contributed by atoms with E-state index in [-0.39, 0.29) is 0 Å². The third-order valence-electron chi connectivity index (χ3n) is 2.86. The zero-order valence-electron chi connectivity index (χ0n) is 10.0. The zero-order chi connectivity index (χ0) is 11.8. The molecule has 1 aliphatic rings. The number of hydrogen-bond donors (Lipinski definition) is 1. The summed E-state index contributed by atoms with van der Waals surface area (Å²) >= 11 is 5.20. The van der Waals surface area contributed by atoms with Gasteiger partial charge in [0.05, 0.1) is 0 Å². The van der Waals surface area contributed by atoms with E-state index in [0.717, 1.165) is 5.82 Å². The van der Waals surface area contributed by atoms with Crippen LogP contribution in [-0.2, 0) is 10.3 Å². The Morgan fingerprint density at radius 2 is 2.25 bits per heavy atom. The third kappa shape index (κ3) is 2.50. The highest BCUT2D eigenvalue weighted by molar-refractivity contribution is 7.71. The van der Waals surface area contributed by atoms with Crippen LogP contribution in [0.3, 0.4) is 0 Å². The van der Waals surface area contributed by atoms with Crippen molar-refractivity contribution in [1.82, 2.24) is 9.97 Å². The van der Waals surface area contributed by atoms with E-state index in [0.29, 0.717) is 17.2 Å². The number of ether oxygens (including phenoxy) is 1. The summed E-state index contributed by atoms with van der Waals surface area (Å²) in [5, 5.41) is 0. The largest absolute Gasteiger partial charge is 0.368 e. The maximum atomic E-state index is 5.69. The molecule has 16 heavy (non-hydrogen) atoms. The fraction of sp³-hybridized carbons (Fsp3) is 0.667. The van der Waals surface area contributed by atoms with E-state index < -0.39 is 5.60 Å². The summed E-state index contributed by atoms with van der Waals surface area (Å²) in [7, 11) is 0. The van der Waals surface area contributed by atoms with Crippen LogP contribution < -0.4 is 0 Å². The molecule has 3 nitrogen and oxygen atoms in total. The molecule has 1 heterocycles. The summed E-state index contributed by atoms with van der Waals surface area (Å²) in [4.78, 5) is 7.74. The summed E-state index contributed by atoms with van der Waals surface area (Å²) in [6.45, 7) is 6.69. The molecule has 1 saturated carbocycles. The average molecular weight is 238 g/mol. The van der Waals surface area contributed by atoms with E-state index in [9.17, 15) is 0 Å². The molecule has 88 valence electrons. The number of nitrogens with one attached hydrogen (secondary N) is 1. The first-order valence-corrected chi connectivity index (χ1v) is 6.19. The van der Waals surface area contributed by atoms with Crippen molar-refractivity contribution in [2.45, 2.75) is 45.1 Å². The Labute approximate surface area is 101 Å². The molecule has 0 atom stereocenters. The number of rotatable bonds is 4. The predicted octanol–water partition coefficient (Wildman–Crippen LogP) is 3.29. The van der Waals surface area contributed by atoms with Crippen LogP contribution in [0.2, 0.25) is 0 Å². The van der Waals surface area contributed by atoms with Crippen LogP contribution in [-0.4, -0.2) is 16.6 Å². The Hall–Kier alpha value is -0.740. The second kappa shape index (κ2) is 4.26. The highest BCUT2D eigenvalue weighted by atomic mass is 32.1. The standard InChI is InChI=1S/C12H18N2OS/c1-4-15-12(2,3)11-13-9(8-5-6-8)7-10(16)14-11/h7-8H,4-6H2,1-3H3,(H,13,14,16). The molecule has 0 bridgehead atoms. The van der Waals surface area contributed by atoms with Crippen molar-refractivity contribution in [3.8, 4) is 0 Å². The van der Waals surface area contributed by atoms with Crippen LogP contribution >= 0.6 is 12.2 Å². The van der Waals surface area contributed by atoms with E-state index >= 15 is 0 Å². The van der Waals surface area contributed by atoms with Gasteiger partial charge in [-0.3, -0.25) is 0 Å². The molecule has 0 aromatic carbocycles. The molecule has 0 amide bonds. The van der Waals surface area contributed by atoms with Gasteiger partial charge in [-0.2, -0.15) is 0 Å². The first-order chi connectivity index (χ1) is 7.53. The van der Waals surface area contributed by atoms with Gasteiger partial charge in [-0.05, 0) is 45.6 Å². The fourth-order valence-corrected chi connectivity index (χ4v) is 2.02. The maximum absolute atomic E-state index is 5.69. The lowest BCUT2D eigenvalue weighted by Crippen LogP contribution is -2.25. The summed E-state index contributed by atoms with van der Waals surface area (Å²) in [6, 6.07) is 1.97. The minimum Gasteiger partial charge on any atom is -0.368 e. The fourth-order valence-electron chi connectivity index (χ4n) is 1.80. The Bertz CT molecular complexity index is 435. The molecule has 0 saturated heterocycles. The monoisotopic (exact) mass is 238 g/mol. The lowest BCUT2D eigenvalue weighted by molar-refractivity contribution is -0.0210. The van der Waals surface area contributed by atoms with Crippen molar-refractivity contribution in [1.29, 1.82) is 0 Å². The average Bonchev–Trinajstić information content (AvgIpc) is 2.99. The summed E-state index contributed by atoms with van der Waals surface area (Å²) in [5.41, 5.74) is 0.815.